The number of nitrogens with one attached hydrogen (secondary N) is 1. The molecule has 0 saturated heterocycles. The van der Waals surface area contributed by atoms with E-state index in [4.69, 9.17) is 4.42 Å². The van der Waals surface area contributed by atoms with E-state index < -0.39 is 11.6 Å². The van der Waals surface area contributed by atoms with Gasteiger partial charge in [0.05, 0.1) is 6.04 Å². The number of likely N-dealkylation sites (N-methyl/N-ethyl adjacent to an activating group) is 1. The average molecular weight is 265 g/mol. The van der Waals surface area contributed by atoms with Gasteiger partial charge in [-0.1, -0.05) is 6.92 Å². The predicted octanol–water partition coefficient (Wildman–Crippen LogP) is 3.76. The Labute approximate surface area is 111 Å². The molecular weight excluding hydrogens is 248 g/mol. The fourth-order valence-corrected chi connectivity index (χ4v) is 2.12. The molecule has 0 amide bonds. The normalized spacial score (nSPS) is 12.6. The number of aryl methyl sites for hydroxylation is 1. The summed E-state index contributed by atoms with van der Waals surface area (Å²) in [4.78, 5) is 0. The third-order valence-corrected chi connectivity index (χ3v) is 2.92. The highest BCUT2D eigenvalue weighted by molar-refractivity contribution is 5.21. The molecule has 0 aliphatic heterocycles. The van der Waals surface area contributed by atoms with Crippen molar-refractivity contribution in [3.8, 4) is 0 Å². The zero-order valence-electron chi connectivity index (χ0n) is 11.0. The summed E-state index contributed by atoms with van der Waals surface area (Å²) < 4.78 is 32.0. The van der Waals surface area contributed by atoms with E-state index in [9.17, 15) is 8.78 Å². The van der Waals surface area contributed by atoms with Gasteiger partial charge in [-0.3, -0.25) is 0 Å². The van der Waals surface area contributed by atoms with Crippen molar-refractivity contribution in [3.05, 3.63) is 59.1 Å². The highest BCUT2D eigenvalue weighted by Gasteiger charge is 2.15. The Balaban J connectivity index is 2.20. The van der Waals surface area contributed by atoms with Gasteiger partial charge in [0.25, 0.3) is 0 Å². The molecule has 102 valence electrons. The molecule has 1 aromatic carbocycles. The van der Waals surface area contributed by atoms with Crippen LogP contribution >= 0.6 is 0 Å². The molecule has 0 radical (unpaired) electrons. The van der Waals surface area contributed by atoms with Crippen LogP contribution in [-0.2, 0) is 6.42 Å². The molecule has 2 aromatic rings. The maximum atomic E-state index is 13.2. The SMILES string of the molecule is CCNC(Cc1cc(F)cc(F)c1)c1ccc(C)o1. The highest BCUT2D eigenvalue weighted by atomic mass is 19.1. The van der Waals surface area contributed by atoms with E-state index in [0.717, 1.165) is 24.1 Å². The molecule has 0 saturated carbocycles. The summed E-state index contributed by atoms with van der Waals surface area (Å²) in [6, 6.07) is 7.26. The van der Waals surface area contributed by atoms with E-state index in [0.29, 0.717) is 12.0 Å². The maximum absolute atomic E-state index is 13.2. The van der Waals surface area contributed by atoms with E-state index in [1.54, 1.807) is 0 Å². The molecule has 1 heterocycles. The van der Waals surface area contributed by atoms with Crippen LogP contribution in [0.1, 0.15) is 30.0 Å². The molecule has 0 bridgehead atoms. The molecule has 0 fully saturated rings. The van der Waals surface area contributed by atoms with Gasteiger partial charge in [-0.25, -0.2) is 8.78 Å². The van der Waals surface area contributed by atoms with Gasteiger partial charge >= 0.3 is 0 Å². The largest absolute Gasteiger partial charge is 0.465 e. The van der Waals surface area contributed by atoms with Crippen LogP contribution in [0.25, 0.3) is 0 Å². The lowest BCUT2D eigenvalue weighted by atomic mass is 10.0. The highest BCUT2D eigenvalue weighted by Crippen LogP contribution is 2.21. The van der Waals surface area contributed by atoms with Gasteiger partial charge in [0.1, 0.15) is 23.2 Å². The molecule has 2 nitrogen and oxygen atoms in total. The minimum atomic E-state index is -0.555. The summed E-state index contributed by atoms with van der Waals surface area (Å²) >= 11 is 0. The number of halogens is 2. The molecule has 2 rings (SSSR count). The zero-order valence-corrected chi connectivity index (χ0v) is 11.0. The standard InChI is InChI=1S/C15H17F2NO/c1-3-18-14(15-5-4-10(2)19-15)8-11-6-12(16)9-13(17)7-11/h4-7,9,14,18H,3,8H2,1-2H3. The van der Waals surface area contributed by atoms with Gasteiger partial charge in [-0.2, -0.15) is 0 Å². The molecule has 1 atom stereocenters. The van der Waals surface area contributed by atoms with Gasteiger partial charge in [0.2, 0.25) is 0 Å². The lowest BCUT2D eigenvalue weighted by Gasteiger charge is -2.15. The number of hydrogen-bond donors (Lipinski definition) is 1. The van der Waals surface area contributed by atoms with Crippen LogP contribution in [0.15, 0.2) is 34.7 Å². The first-order valence-corrected chi connectivity index (χ1v) is 6.33. The van der Waals surface area contributed by atoms with E-state index in [-0.39, 0.29) is 6.04 Å². The van der Waals surface area contributed by atoms with Crippen LogP contribution in [-0.4, -0.2) is 6.54 Å². The predicted molar refractivity (Wildman–Crippen MR) is 69.9 cm³/mol. The van der Waals surface area contributed by atoms with Crippen molar-refractivity contribution in [1.29, 1.82) is 0 Å². The monoisotopic (exact) mass is 265 g/mol. The van der Waals surface area contributed by atoms with E-state index in [1.807, 2.05) is 26.0 Å². The number of benzene rings is 1. The Hall–Kier alpha value is -1.68. The smallest absolute Gasteiger partial charge is 0.126 e. The fourth-order valence-electron chi connectivity index (χ4n) is 2.12. The summed E-state index contributed by atoms with van der Waals surface area (Å²) in [7, 11) is 0. The molecule has 19 heavy (non-hydrogen) atoms. The van der Waals surface area contributed by atoms with Crippen molar-refractivity contribution >= 4 is 0 Å². The Morgan fingerprint density at radius 3 is 2.37 bits per heavy atom. The second-order valence-electron chi connectivity index (χ2n) is 4.54. The number of hydrogen-bond acceptors (Lipinski definition) is 2. The van der Waals surface area contributed by atoms with Crippen LogP contribution in [0.5, 0.6) is 0 Å². The topological polar surface area (TPSA) is 25.2 Å². The molecule has 1 N–H and O–H groups in total. The van der Waals surface area contributed by atoms with Crippen molar-refractivity contribution < 1.29 is 13.2 Å². The lowest BCUT2D eigenvalue weighted by molar-refractivity contribution is 0.402. The first kappa shape index (κ1) is 13.7. The van der Waals surface area contributed by atoms with Crippen molar-refractivity contribution in [2.75, 3.05) is 6.54 Å². The van der Waals surface area contributed by atoms with Crippen molar-refractivity contribution in [2.45, 2.75) is 26.3 Å². The van der Waals surface area contributed by atoms with E-state index in [2.05, 4.69) is 5.32 Å². The minimum Gasteiger partial charge on any atom is -0.465 e. The molecule has 4 heteroatoms. The van der Waals surface area contributed by atoms with Crippen molar-refractivity contribution in [1.82, 2.24) is 5.32 Å². The third-order valence-electron chi connectivity index (χ3n) is 2.92. The Bertz CT molecular complexity index is 531. The summed E-state index contributed by atoms with van der Waals surface area (Å²) in [6.07, 6.45) is 0.482. The van der Waals surface area contributed by atoms with Gasteiger partial charge in [0, 0.05) is 6.07 Å². The average Bonchev–Trinajstić information content (AvgIpc) is 2.74. The summed E-state index contributed by atoms with van der Waals surface area (Å²) in [5.41, 5.74) is 0.609. The minimum absolute atomic E-state index is 0.0834. The maximum Gasteiger partial charge on any atom is 0.126 e. The molecule has 0 spiro atoms. The molecule has 1 aromatic heterocycles. The number of furan rings is 1. The van der Waals surface area contributed by atoms with Crippen molar-refractivity contribution in [3.63, 3.8) is 0 Å². The second kappa shape index (κ2) is 5.97. The first-order valence-electron chi connectivity index (χ1n) is 6.33. The van der Waals surface area contributed by atoms with E-state index in [1.165, 1.54) is 12.1 Å². The summed E-state index contributed by atoms with van der Waals surface area (Å²) in [5.74, 6) is 0.495. The van der Waals surface area contributed by atoms with Gasteiger partial charge in [0.15, 0.2) is 0 Å². The Morgan fingerprint density at radius 2 is 1.84 bits per heavy atom. The fraction of sp³-hybridized carbons (Fsp3) is 0.333. The Kier molecular flexibility index (Phi) is 4.32. The second-order valence-corrected chi connectivity index (χ2v) is 4.54. The molecule has 0 aliphatic rings. The third kappa shape index (κ3) is 3.64. The van der Waals surface area contributed by atoms with Gasteiger partial charge in [-0.05, 0) is 49.7 Å². The molecular formula is C15H17F2NO. The summed E-state index contributed by atoms with van der Waals surface area (Å²) in [5, 5.41) is 3.26. The van der Waals surface area contributed by atoms with E-state index >= 15 is 0 Å². The van der Waals surface area contributed by atoms with Crippen LogP contribution in [0.2, 0.25) is 0 Å². The van der Waals surface area contributed by atoms with Crippen LogP contribution < -0.4 is 5.32 Å². The first-order chi connectivity index (χ1) is 9.08. The van der Waals surface area contributed by atoms with Gasteiger partial charge in [-0.15, -0.1) is 0 Å². The Morgan fingerprint density at radius 1 is 1.16 bits per heavy atom. The van der Waals surface area contributed by atoms with Crippen molar-refractivity contribution in [2.24, 2.45) is 0 Å². The van der Waals surface area contributed by atoms with Crippen LogP contribution in [0.3, 0.4) is 0 Å². The molecule has 1 unspecified atom stereocenters. The molecule has 0 aliphatic carbocycles. The number of rotatable bonds is 5. The quantitative estimate of drug-likeness (QED) is 0.890. The zero-order chi connectivity index (χ0) is 13.8. The lowest BCUT2D eigenvalue weighted by Crippen LogP contribution is -2.22. The summed E-state index contributed by atoms with van der Waals surface area (Å²) in [6.45, 7) is 4.60. The van der Waals surface area contributed by atoms with Gasteiger partial charge < -0.3 is 9.73 Å². The van der Waals surface area contributed by atoms with Crippen LogP contribution in [0.4, 0.5) is 8.78 Å². The van der Waals surface area contributed by atoms with Crippen LogP contribution in [0, 0.1) is 18.6 Å².